The van der Waals surface area contributed by atoms with Gasteiger partial charge in [0.2, 0.25) is 5.82 Å². The van der Waals surface area contributed by atoms with Gasteiger partial charge in [-0.1, -0.05) is 0 Å². The molecule has 1 aliphatic rings. The average Bonchev–Trinajstić information content (AvgIpc) is 2.71. The van der Waals surface area contributed by atoms with Crippen LogP contribution in [0.3, 0.4) is 0 Å². The van der Waals surface area contributed by atoms with Crippen LogP contribution in [0.4, 0.5) is 27.6 Å². The molecular weight excluding hydrogens is 383 g/mol. The average molecular weight is 398 g/mol. The zero-order valence-electron chi connectivity index (χ0n) is 14.7. The molecule has 0 bridgehead atoms. The van der Waals surface area contributed by atoms with Gasteiger partial charge in [-0.05, 0) is 31.2 Å². The standard InChI is InChI=1S/C19H15F5N2O2/c1-10(27)11-2-4-12(5-3-11)25-6-8-26(9-7-25)19(28)13-14(20)16(22)18(24)17(23)15(13)21/h2-5H,6-9H2,1H3. The largest absolute Gasteiger partial charge is 0.368 e. The fourth-order valence-corrected chi connectivity index (χ4v) is 3.03. The van der Waals surface area contributed by atoms with Crippen LogP contribution in [0.25, 0.3) is 0 Å². The summed E-state index contributed by atoms with van der Waals surface area (Å²) in [5, 5.41) is 0. The first-order valence-corrected chi connectivity index (χ1v) is 8.39. The number of benzene rings is 2. The van der Waals surface area contributed by atoms with Gasteiger partial charge in [0.1, 0.15) is 5.56 Å². The Balaban J connectivity index is 1.75. The molecule has 0 N–H and O–H groups in total. The van der Waals surface area contributed by atoms with Gasteiger partial charge in [-0.25, -0.2) is 22.0 Å². The minimum atomic E-state index is -2.30. The molecule has 0 radical (unpaired) electrons. The number of carbonyl (C=O) groups is 2. The highest BCUT2D eigenvalue weighted by atomic mass is 19.2. The number of amides is 1. The predicted molar refractivity (Wildman–Crippen MR) is 90.8 cm³/mol. The smallest absolute Gasteiger partial charge is 0.260 e. The first kappa shape index (κ1) is 19.8. The number of halogens is 5. The number of ketones is 1. The van der Waals surface area contributed by atoms with Crippen LogP contribution in [-0.2, 0) is 0 Å². The second kappa shape index (κ2) is 7.57. The Morgan fingerprint density at radius 3 is 1.68 bits per heavy atom. The Hall–Kier alpha value is -2.97. The first-order chi connectivity index (χ1) is 13.2. The summed E-state index contributed by atoms with van der Waals surface area (Å²) in [6.07, 6.45) is 0. The third-order valence-electron chi connectivity index (χ3n) is 4.63. The predicted octanol–water partition coefficient (Wildman–Crippen LogP) is 3.55. The van der Waals surface area contributed by atoms with Gasteiger partial charge in [0.25, 0.3) is 5.91 Å². The lowest BCUT2D eigenvalue weighted by Crippen LogP contribution is -2.49. The molecular formula is C19H15F5N2O2. The highest BCUT2D eigenvalue weighted by Gasteiger charge is 2.33. The minimum absolute atomic E-state index is 0.0345. The summed E-state index contributed by atoms with van der Waals surface area (Å²) < 4.78 is 67.5. The highest BCUT2D eigenvalue weighted by molar-refractivity contribution is 5.95. The van der Waals surface area contributed by atoms with E-state index in [2.05, 4.69) is 0 Å². The molecule has 0 unspecified atom stereocenters. The van der Waals surface area contributed by atoms with Gasteiger partial charge in [0.05, 0.1) is 0 Å². The van der Waals surface area contributed by atoms with Crippen molar-refractivity contribution in [2.24, 2.45) is 0 Å². The Kier molecular flexibility index (Phi) is 5.35. The molecule has 0 saturated carbocycles. The van der Waals surface area contributed by atoms with Crippen LogP contribution >= 0.6 is 0 Å². The second-order valence-electron chi connectivity index (χ2n) is 6.33. The van der Waals surface area contributed by atoms with E-state index in [9.17, 15) is 31.5 Å². The molecule has 3 rings (SSSR count). The van der Waals surface area contributed by atoms with E-state index < -0.39 is 40.6 Å². The molecule has 148 valence electrons. The summed E-state index contributed by atoms with van der Waals surface area (Å²) >= 11 is 0. The molecule has 1 heterocycles. The third kappa shape index (κ3) is 3.44. The summed E-state index contributed by atoms with van der Waals surface area (Å²) in [6.45, 7) is 2.10. The van der Waals surface area contributed by atoms with Crippen molar-refractivity contribution in [3.05, 3.63) is 64.5 Å². The molecule has 1 amide bonds. The van der Waals surface area contributed by atoms with E-state index in [4.69, 9.17) is 0 Å². The fraction of sp³-hybridized carbons (Fsp3) is 0.263. The van der Waals surface area contributed by atoms with E-state index >= 15 is 0 Å². The Morgan fingerprint density at radius 1 is 0.750 bits per heavy atom. The highest BCUT2D eigenvalue weighted by Crippen LogP contribution is 2.25. The normalized spacial score (nSPS) is 14.4. The van der Waals surface area contributed by atoms with Crippen molar-refractivity contribution in [2.45, 2.75) is 6.92 Å². The molecule has 1 saturated heterocycles. The molecule has 2 aromatic carbocycles. The number of hydrogen-bond donors (Lipinski definition) is 0. The Morgan fingerprint density at radius 2 is 1.21 bits per heavy atom. The van der Waals surface area contributed by atoms with Gasteiger partial charge in [-0.15, -0.1) is 0 Å². The van der Waals surface area contributed by atoms with Crippen molar-refractivity contribution in [3.63, 3.8) is 0 Å². The lowest BCUT2D eigenvalue weighted by Gasteiger charge is -2.36. The molecule has 4 nitrogen and oxygen atoms in total. The number of hydrogen-bond acceptors (Lipinski definition) is 3. The van der Waals surface area contributed by atoms with E-state index in [1.165, 1.54) is 6.92 Å². The topological polar surface area (TPSA) is 40.6 Å². The number of Topliss-reactive ketones (excluding diaryl/α,β-unsaturated/α-hetero) is 1. The number of carbonyl (C=O) groups excluding carboxylic acids is 2. The van der Waals surface area contributed by atoms with Crippen LogP contribution < -0.4 is 4.90 Å². The Labute approximate surface area is 157 Å². The van der Waals surface area contributed by atoms with Crippen LogP contribution in [0.15, 0.2) is 24.3 Å². The van der Waals surface area contributed by atoms with E-state index in [0.29, 0.717) is 18.7 Å². The molecule has 0 atom stereocenters. The van der Waals surface area contributed by atoms with Crippen molar-refractivity contribution >= 4 is 17.4 Å². The summed E-state index contributed by atoms with van der Waals surface area (Å²) in [5.41, 5.74) is -0.118. The van der Waals surface area contributed by atoms with E-state index in [0.717, 1.165) is 10.6 Å². The van der Waals surface area contributed by atoms with Gasteiger partial charge in [-0.3, -0.25) is 9.59 Å². The van der Waals surface area contributed by atoms with Gasteiger partial charge >= 0.3 is 0 Å². The monoisotopic (exact) mass is 398 g/mol. The van der Waals surface area contributed by atoms with E-state index in [1.54, 1.807) is 24.3 Å². The maximum absolute atomic E-state index is 13.8. The minimum Gasteiger partial charge on any atom is -0.368 e. The van der Waals surface area contributed by atoms with Gasteiger partial charge in [0.15, 0.2) is 29.1 Å². The zero-order valence-corrected chi connectivity index (χ0v) is 14.7. The molecule has 0 spiro atoms. The molecule has 28 heavy (non-hydrogen) atoms. The summed E-state index contributed by atoms with van der Waals surface area (Å²) in [5.74, 6) is -12.2. The number of rotatable bonds is 3. The SMILES string of the molecule is CC(=O)c1ccc(N2CCN(C(=O)c3c(F)c(F)c(F)c(F)c3F)CC2)cc1. The third-order valence-corrected chi connectivity index (χ3v) is 4.63. The van der Waals surface area contributed by atoms with Crippen LogP contribution in [0.5, 0.6) is 0 Å². The van der Waals surface area contributed by atoms with Crippen molar-refractivity contribution in [1.82, 2.24) is 4.90 Å². The Bertz CT molecular complexity index is 909. The molecule has 0 aromatic heterocycles. The van der Waals surface area contributed by atoms with Crippen LogP contribution in [-0.4, -0.2) is 42.8 Å². The van der Waals surface area contributed by atoms with Gasteiger partial charge in [0, 0.05) is 37.4 Å². The molecule has 2 aromatic rings. The number of nitrogens with zero attached hydrogens (tertiary/aromatic N) is 2. The fourth-order valence-electron chi connectivity index (χ4n) is 3.03. The zero-order chi connectivity index (χ0) is 20.6. The second-order valence-corrected chi connectivity index (χ2v) is 6.33. The van der Waals surface area contributed by atoms with Gasteiger partial charge in [-0.2, -0.15) is 0 Å². The van der Waals surface area contributed by atoms with Crippen molar-refractivity contribution in [2.75, 3.05) is 31.1 Å². The number of piperazine rings is 1. The van der Waals surface area contributed by atoms with Crippen LogP contribution in [0.2, 0.25) is 0 Å². The van der Waals surface area contributed by atoms with Crippen molar-refractivity contribution in [1.29, 1.82) is 0 Å². The van der Waals surface area contributed by atoms with E-state index in [-0.39, 0.29) is 18.9 Å². The van der Waals surface area contributed by atoms with Crippen molar-refractivity contribution in [3.8, 4) is 0 Å². The maximum atomic E-state index is 13.8. The molecule has 0 aliphatic carbocycles. The first-order valence-electron chi connectivity index (χ1n) is 8.39. The quantitative estimate of drug-likeness (QED) is 0.344. The number of anilines is 1. The summed E-state index contributed by atoms with van der Waals surface area (Å²) in [4.78, 5) is 26.6. The van der Waals surface area contributed by atoms with Crippen molar-refractivity contribution < 1.29 is 31.5 Å². The lowest BCUT2D eigenvalue weighted by molar-refractivity contribution is 0.0733. The molecule has 9 heteroatoms. The maximum Gasteiger partial charge on any atom is 0.260 e. The van der Waals surface area contributed by atoms with E-state index in [1.807, 2.05) is 4.90 Å². The molecule has 1 fully saturated rings. The van der Waals surface area contributed by atoms with Crippen LogP contribution in [0.1, 0.15) is 27.6 Å². The van der Waals surface area contributed by atoms with Gasteiger partial charge < -0.3 is 9.80 Å². The molecule has 1 aliphatic heterocycles. The van der Waals surface area contributed by atoms with Crippen LogP contribution in [0, 0.1) is 29.1 Å². The summed E-state index contributed by atoms with van der Waals surface area (Å²) in [6, 6.07) is 6.78. The summed E-state index contributed by atoms with van der Waals surface area (Å²) in [7, 11) is 0. The lowest BCUT2D eigenvalue weighted by atomic mass is 10.1.